The third kappa shape index (κ3) is 2.57. The van der Waals surface area contributed by atoms with Gasteiger partial charge in [-0.25, -0.2) is 4.98 Å². The summed E-state index contributed by atoms with van der Waals surface area (Å²) in [5.74, 6) is 1.24. The summed E-state index contributed by atoms with van der Waals surface area (Å²) in [6, 6.07) is 0. The summed E-state index contributed by atoms with van der Waals surface area (Å²) in [4.78, 5) is 10.5. The fourth-order valence-corrected chi connectivity index (χ4v) is 3.46. The van der Waals surface area contributed by atoms with Crippen molar-refractivity contribution in [1.29, 1.82) is 0 Å². The molecule has 0 spiro atoms. The van der Waals surface area contributed by atoms with Crippen LogP contribution in [0.25, 0.3) is 0 Å². The van der Waals surface area contributed by atoms with E-state index in [1.807, 2.05) is 11.8 Å². The number of hydrogen-bond donors (Lipinski definition) is 1. The van der Waals surface area contributed by atoms with E-state index >= 15 is 0 Å². The van der Waals surface area contributed by atoms with E-state index in [-0.39, 0.29) is 0 Å². The number of rotatable bonds is 2. The van der Waals surface area contributed by atoms with Gasteiger partial charge in [0.05, 0.1) is 7.11 Å². The summed E-state index contributed by atoms with van der Waals surface area (Å²) in [6.45, 7) is 6.36. The van der Waals surface area contributed by atoms with E-state index in [0.717, 1.165) is 18.9 Å². The lowest BCUT2D eigenvalue weighted by Gasteiger charge is -2.35. The minimum atomic E-state index is 0.452. The van der Waals surface area contributed by atoms with Crippen LogP contribution < -0.4 is 15.4 Å². The average molecular weight is 254 g/mol. The van der Waals surface area contributed by atoms with E-state index in [1.165, 1.54) is 6.33 Å². The predicted octanol–water partition coefficient (Wildman–Crippen LogP) is 1.40. The number of anilines is 2. The smallest absolute Gasteiger partial charge is 0.242 e. The zero-order chi connectivity index (χ0) is 12.4. The van der Waals surface area contributed by atoms with Crippen LogP contribution in [0.2, 0.25) is 0 Å². The van der Waals surface area contributed by atoms with Gasteiger partial charge in [0.2, 0.25) is 5.88 Å². The van der Waals surface area contributed by atoms with Gasteiger partial charge in [0.15, 0.2) is 5.82 Å². The highest BCUT2D eigenvalue weighted by Crippen LogP contribution is 2.32. The first-order valence-electron chi connectivity index (χ1n) is 5.66. The molecule has 0 aromatic carbocycles. The summed E-state index contributed by atoms with van der Waals surface area (Å²) in [5, 5.41) is 1.17. The van der Waals surface area contributed by atoms with Crippen molar-refractivity contribution in [3.05, 3.63) is 6.33 Å². The normalized spacial score (nSPS) is 24.8. The van der Waals surface area contributed by atoms with Crippen molar-refractivity contribution in [2.45, 2.75) is 24.3 Å². The van der Waals surface area contributed by atoms with Crippen molar-refractivity contribution in [2.75, 3.05) is 30.8 Å². The SMILES string of the molecule is COc1ncnc(N2CC(C)SC(C)C2)c1N. The molecule has 1 fully saturated rings. The Morgan fingerprint density at radius 1 is 1.35 bits per heavy atom. The van der Waals surface area contributed by atoms with Crippen LogP contribution in [0.1, 0.15) is 13.8 Å². The monoisotopic (exact) mass is 254 g/mol. The average Bonchev–Trinajstić information content (AvgIpc) is 2.28. The Bertz CT molecular complexity index is 391. The van der Waals surface area contributed by atoms with E-state index in [4.69, 9.17) is 10.5 Å². The minimum absolute atomic E-state index is 0.452. The van der Waals surface area contributed by atoms with Gasteiger partial charge in [-0.2, -0.15) is 16.7 Å². The molecule has 2 atom stereocenters. The Hall–Kier alpha value is -1.17. The predicted molar refractivity (Wildman–Crippen MR) is 71.7 cm³/mol. The molecule has 1 saturated heterocycles. The fourth-order valence-electron chi connectivity index (χ4n) is 2.14. The maximum Gasteiger partial charge on any atom is 0.242 e. The van der Waals surface area contributed by atoms with Crippen LogP contribution in [0.5, 0.6) is 5.88 Å². The Balaban J connectivity index is 2.27. The van der Waals surface area contributed by atoms with E-state index in [9.17, 15) is 0 Å². The Morgan fingerprint density at radius 3 is 2.59 bits per heavy atom. The third-order valence-electron chi connectivity index (χ3n) is 2.74. The van der Waals surface area contributed by atoms with Gasteiger partial charge in [0.25, 0.3) is 0 Å². The Kier molecular flexibility index (Phi) is 3.61. The zero-order valence-electron chi connectivity index (χ0n) is 10.4. The first-order chi connectivity index (χ1) is 8.11. The second kappa shape index (κ2) is 5.00. The summed E-state index contributed by atoms with van der Waals surface area (Å²) in [5.41, 5.74) is 6.55. The number of methoxy groups -OCH3 is 1. The summed E-state index contributed by atoms with van der Waals surface area (Å²) in [6.07, 6.45) is 1.50. The van der Waals surface area contributed by atoms with Crippen LogP contribution in [0.3, 0.4) is 0 Å². The van der Waals surface area contributed by atoms with E-state index in [1.54, 1.807) is 7.11 Å². The number of aromatic nitrogens is 2. The largest absolute Gasteiger partial charge is 0.479 e. The highest BCUT2D eigenvalue weighted by atomic mass is 32.2. The van der Waals surface area contributed by atoms with Crippen molar-refractivity contribution in [2.24, 2.45) is 0 Å². The molecule has 2 heterocycles. The topological polar surface area (TPSA) is 64.3 Å². The summed E-state index contributed by atoms with van der Waals surface area (Å²) in [7, 11) is 1.57. The molecule has 1 aromatic heterocycles. The molecule has 0 aliphatic carbocycles. The minimum Gasteiger partial charge on any atom is -0.479 e. The number of nitrogens with zero attached hydrogens (tertiary/aromatic N) is 3. The van der Waals surface area contributed by atoms with Crippen molar-refractivity contribution in [1.82, 2.24) is 9.97 Å². The van der Waals surface area contributed by atoms with Gasteiger partial charge in [-0.1, -0.05) is 13.8 Å². The molecule has 6 heteroatoms. The maximum atomic E-state index is 6.02. The van der Waals surface area contributed by atoms with Gasteiger partial charge in [0, 0.05) is 23.6 Å². The van der Waals surface area contributed by atoms with Gasteiger partial charge in [-0.15, -0.1) is 0 Å². The lowest BCUT2D eigenvalue weighted by Crippen LogP contribution is -2.41. The van der Waals surface area contributed by atoms with Crippen LogP contribution in [0.15, 0.2) is 6.33 Å². The van der Waals surface area contributed by atoms with Crippen molar-refractivity contribution in [3.8, 4) is 5.88 Å². The first kappa shape index (κ1) is 12.3. The standard InChI is InChI=1S/C11H18N4OS/c1-7-4-15(5-8(2)17-7)10-9(12)11(16-3)14-6-13-10/h6-8H,4-5,12H2,1-3H3. The molecule has 2 unspecified atom stereocenters. The Labute approximate surface area is 106 Å². The molecule has 1 aromatic rings. The van der Waals surface area contributed by atoms with Crippen LogP contribution in [0, 0.1) is 0 Å². The molecule has 0 radical (unpaired) electrons. The first-order valence-corrected chi connectivity index (χ1v) is 6.61. The maximum absolute atomic E-state index is 6.02. The number of nitrogen functional groups attached to an aromatic ring is 1. The zero-order valence-corrected chi connectivity index (χ0v) is 11.2. The lowest BCUT2D eigenvalue weighted by molar-refractivity contribution is 0.399. The molecule has 0 saturated carbocycles. The Morgan fingerprint density at radius 2 is 2.00 bits per heavy atom. The van der Waals surface area contributed by atoms with Gasteiger partial charge in [-0.05, 0) is 0 Å². The van der Waals surface area contributed by atoms with Crippen LogP contribution >= 0.6 is 11.8 Å². The van der Waals surface area contributed by atoms with Crippen LogP contribution in [-0.2, 0) is 0 Å². The number of ether oxygens (including phenoxy) is 1. The number of hydrogen-bond acceptors (Lipinski definition) is 6. The highest BCUT2D eigenvalue weighted by Gasteiger charge is 2.25. The van der Waals surface area contributed by atoms with E-state index in [0.29, 0.717) is 22.1 Å². The van der Waals surface area contributed by atoms with Gasteiger partial charge in [0.1, 0.15) is 12.0 Å². The second-order valence-corrected chi connectivity index (χ2v) is 6.16. The molecular weight excluding hydrogens is 236 g/mol. The summed E-state index contributed by atoms with van der Waals surface area (Å²) < 4.78 is 5.12. The quantitative estimate of drug-likeness (QED) is 0.860. The van der Waals surface area contributed by atoms with E-state index < -0.39 is 0 Å². The fraction of sp³-hybridized carbons (Fsp3) is 0.636. The van der Waals surface area contributed by atoms with Crippen molar-refractivity contribution < 1.29 is 4.74 Å². The lowest BCUT2D eigenvalue weighted by atomic mass is 10.3. The van der Waals surface area contributed by atoms with Crippen molar-refractivity contribution >= 4 is 23.3 Å². The van der Waals surface area contributed by atoms with Gasteiger partial charge >= 0.3 is 0 Å². The van der Waals surface area contributed by atoms with E-state index in [2.05, 4.69) is 28.7 Å². The molecule has 0 bridgehead atoms. The number of thioether (sulfide) groups is 1. The molecular formula is C11H18N4OS. The van der Waals surface area contributed by atoms with Gasteiger partial charge < -0.3 is 15.4 Å². The highest BCUT2D eigenvalue weighted by molar-refractivity contribution is 8.00. The molecule has 2 N–H and O–H groups in total. The summed E-state index contributed by atoms with van der Waals surface area (Å²) >= 11 is 2.00. The molecule has 0 amide bonds. The third-order valence-corrected chi connectivity index (χ3v) is 3.97. The second-order valence-electron chi connectivity index (χ2n) is 4.28. The number of nitrogens with two attached hydrogens (primary N) is 1. The molecule has 1 aliphatic rings. The van der Waals surface area contributed by atoms with Gasteiger partial charge in [-0.3, -0.25) is 0 Å². The molecule has 2 rings (SSSR count). The molecule has 1 aliphatic heterocycles. The molecule has 94 valence electrons. The van der Waals surface area contributed by atoms with Crippen LogP contribution in [0.4, 0.5) is 11.5 Å². The van der Waals surface area contributed by atoms with Crippen molar-refractivity contribution in [3.63, 3.8) is 0 Å². The molecule has 17 heavy (non-hydrogen) atoms. The van der Waals surface area contributed by atoms with Crippen LogP contribution in [-0.4, -0.2) is 40.7 Å². The molecule has 5 nitrogen and oxygen atoms in total.